The molecule has 0 aliphatic rings. The van der Waals surface area contributed by atoms with E-state index in [1.54, 1.807) is 31.2 Å². The van der Waals surface area contributed by atoms with E-state index in [0.717, 1.165) is 15.9 Å². The molecule has 0 unspecified atom stereocenters. The molecule has 0 saturated heterocycles. The number of nitro benzene ring substituents is 1. The van der Waals surface area contributed by atoms with Crippen molar-refractivity contribution in [1.82, 2.24) is 0 Å². The molecule has 0 N–H and O–H groups in total. The first kappa shape index (κ1) is 20.4. The highest BCUT2D eigenvalue weighted by atomic mass is 32.2. The van der Waals surface area contributed by atoms with Crippen LogP contribution in [0.25, 0.3) is 0 Å². The van der Waals surface area contributed by atoms with Crippen molar-refractivity contribution in [3.8, 4) is 0 Å². The van der Waals surface area contributed by atoms with Gasteiger partial charge in [0.2, 0.25) is 0 Å². The van der Waals surface area contributed by atoms with Crippen LogP contribution in [0.4, 0.5) is 11.4 Å². The van der Waals surface area contributed by atoms with Gasteiger partial charge in [-0.25, -0.2) is 8.42 Å². The minimum Gasteiger partial charge on any atom is -0.465 e. The number of aryl methyl sites for hydroxylation is 2. The number of nitro groups is 1. The number of carbonyl (C=O) groups excluding carboxylic acids is 1. The summed E-state index contributed by atoms with van der Waals surface area (Å²) in [5, 5.41) is 11.2. The molecule has 2 rings (SSSR count). The molecule has 2 aromatic rings. The maximum Gasteiger partial charge on any atom is 0.326 e. The predicted molar refractivity (Wildman–Crippen MR) is 100 cm³/mol. The molecular formula is C18H20N2O6S. The van der Waals surface area contributed by atoms with E-state index in [2.05, 4.69) is 0 Å². The van der Waals surface area contributed by atoms with Gasteiger partial charge >= 0.3 is 5.97 Å². The van der Waals surface area contributed by atoms with Crippen molar-refractivity contribution in [2.75, 3.05) is 17.5 Å². The summed E-state index contributed by atoms with van der Waals surface area (Å²) in [4.78, 5) is 22.2. The highest BCUT2D eigenvalue weighted by Crippen LogP contribution is 2.28. The lowest BCUT2D eigenvalue weighted by Crippen LogP contribution is -2.36. The maximum atomic E-state index is 13.1. The van der Waals surface area contributed by atoms with Crippen LogP contribution in [0.5, 0.6) is 0 Å². The van der Waals surface area contributed by atoms with E-state index in [4.69, 9.17) is 4.74 Å². The molecule has 0 heterocycles. The first-order valence-corrected chi connectivity index (χ1v) is 9.61. The van der Waals surface area contributed by atoms with Crippen LogP contribution in [0.1, 0.15) is 18.1 Å². The fourth-order valence-corrected chi connectivity index (χ4v) is 3.85. The third-order valence-corrected chi connectivity index (χ3v) is 5.64. The van der Waals surface area contributed by atoms with Gasteiger partial charge < -0.3 is 4.74 Å². The highest BCUT2D eigenvalue weighted by molar-refractivity contribution is 7.92. The van der Waals surface area contributed by atoms with Gasteiger partial charge in [-0.05, 0) is 39.0 Å². The van der Waals surface area contributed by atoms with Gasteiger partial charge in [-0.1, -0.05) is 23.8 Å². The molecule has 0 aromatic heterocycles. The van der Waals surface area contributed by atoms with E-state index < -0.39 is 27.5 Å². The fourth-order valence-electron chi connectivity index (χ4n) is 2.42. The smallest absolute Gasteiger partial charge is 0.326 e. The molecule has 0 aliphatic heterocycles. The molecule has 8 nitrogen and oxygen atoms in total. The monoisotopic (exact) mass is 392 g/mol. The molecule has 27 heavy (non-hydrogen) atoms. The number of hydrogen-bond acceptors (Lipinski definition) is 6. The minimum absolute atomic E-state index is 0.108. The van der Waals surface area contributed by atoms with Crippen molar-refractivity contribution in [3.63, 3.8) is 0 Å². The number of nitrogens with zero attached hydrogens (tertiary/aromatic N) is 2. The molecule has 0 bridgehead atoms. The van der Waals surface area contributed by atoms with Gasteiger partial charge in [0, 0.05) is 11.6 Å². The highest BCUT2D eigenvalue weighted by Gasteiger charge is 2.29. The molecule has 0 fully saturated rings. The Hall–Kier alpha value is -2.94. The Bertz CT molecular complexity index is 954. The summed E-state index contributed by atoms with van der Waals surface area (Å²) in [6.45, 7) is 4.55. The zero-order valence-electron chi connectivity index (χ0n) is 15.2. The van der Waals surface area contributed by atoms with Gasteiger partial charge in [-0.15, -0.1) is 0 Å². The Morgan fingerprint density at radius 1 is 1.15 bits per heavy atom. The average molecular weight is 392 g/mol. The fraction of sp³-hybridized carbons (Fsp3) is 0.278. The van der Waals surface area contributed by atoms with Gasteiger partial charge in [0.15, 0.2) is 0 Å². The summed E-state index contributed by atoms with van der Waals surface area (Å²) < 4.78 is 32.0. The molecular weight excluding hydrogens is 372 g/mol. The van der Waals surface area contributed by atoms with Crippen LogP contribution in [0.3, 0.4) is 0 Å². The van der Waals surface area contributed by atoms with Gasteiger partial charge in [0.1, 0.15) is 6.54 Å². The minimum atomic E-state index is -4.23. The van der Waals surface area contributed by atoms with E-state index in [1.807, 2.05) is 6.92 Å². The Morgan fingerprint density at radius 2 is 1.78 bits per heavy atom. The Morgan fingerprint density at radius 3 is 2.33 bits per heavy atom. The van der Waals surface area contributed by atoms with Gasteiger partial charge in [0.05, 0.1) is 22.1 Å². The van der Waals surface area contributed by atoms with Crippen LogP contribution in [0, 0.1) is 24.0 Å². The topological polar surface area (TPSA) is 107 Å². The number of rotatable bonds is 7. The third-order valence-electron chi connectivity index (χ3n) is 3.87. The Kier molecular flexibility index (Phi) is 6.17. The lowest BCUT2D eigenvalue weighted by Gasteiger charge is -2.23. The molecule has 0 atom stereocenters. The van der Waals surface area contributed by atoms with Crippen molar-refractivity contribution >= 4 is 27.4 Å². The van der Waals surface area contributed by atoms with Crippen LogP contribution < -0.4 is 4.31 Å². The summed E-state index contributed by atoms with van der Waals surface area (Å²) in [7, 11) is -4.23. The Labute approximate surface area is 157 Å². The number of ether oxygens (including phenoxy) is 1. The lowest BCUT2D eigenvalue weighted by molar-refractivity contribution is -0.385. The van der Waals surface area contributed by atoms with Gasteiger partial charge in [-0.3, -0.25) is 19.2 Å². The number of hydrogen-bond donors (Lipinski definition) is 0. The zero-order chi connectivity index (χ0) is 20.2. The molecule has 2 aromatic carbocycles. The third kappa shape index (κ3) is 4.62. The largest absolute Gasteiger partial charge is 0.465 e. The van der Waals surface area contributed by atoms with Gasteiger partial charge in [0.25, 0.3) is 15.7 Å². The number of esters is 1. The number of benzene rings is 2. The predicted octanol–water partition coefficient (Wildman–Crippen LogP) is 2.97. The van der Waals surface area contributed by atoms with Crippen LogP contribution in [0.15, 0.2) is 47.4 Å². The van der Waals surface area contributed by atoms with Crippen LogP contribution >= 0.6 is 0 Å². The van der Waals surface area contributed by atoms with E-state index in [1.165, 1.54) is 19.1 Å². The maximum absolute atomic E-state index is 13.1. The normalized spacial score (nSPS) is 11.1. The standard InChI is InChI=1S/C18H20N2O6S/c1-4-26-18(21)12-19(15-8-5-13(2)6-9-15)27(24,25)16-10-7-14(3)17(11-16)20(22)23/h5-11H,4,12H2,1-3H3. The van der Waals surface area contributed by atoms with E-state index in [9.17, 15) is 23.3 Å². The van der Waals surface area contributed by atoms with Gasteiger partial charge in [-0.2, -0.15) is 0 Å². The molecule has 144 valence electrons. The first-order valence-electron chi connectivity index (χ1n) is 8.17. The van der Waals surface area contributed by atoms with Crippen molar-refractivity contribution in [3.05, 3.63) is 63.7 Å². The lowest BCUT2D eigenvalue weighted by atomic mass is 10.2. The number of carbonyl (C=O) groups is 1. The summed E-state index contributed by atoms with van der Waals surface area (Å²) in [5.41, 5.74) is 1.21. The molecule has 9 heteroatoms. The second-order valence-corrected chi connectivity index (χ2v) is 7.72. The van der Waals surface area contributed by atoms with Crippen LogP contribution in [-0.2, 0) is 19.6 Å². The summed E-state index contributed by atoms with van der Waals surface area (Å²) in [6, 6.07) is 10.2. The van der Waals surface area contributed by atoms with Crippen molar-refractivity contribution in [1.29, 1.82) is 0 Å². The second-order valence-electron chi connectivity index (χ2n) is 5.86. The Balaban J connectivity index is 2.55. The molecule has 0 radical (unpaired) electrons. The van der Waals surface area contributed by atoms with E-state index >= 15 is 0 Å². The zero-order valence-corrected chi connectivity index (χ0v) is 16.0. The summed E-state index contributed by atoms with van der Waals surface area (Å²) >= 11 is 0. The quantitative estimate of drug-likeness (QED) is 0.407. The molecule has 0 saturated carbocycles. The van der Waals surface area contributed by atoms with Crippen LogP contribution in [0.2, 0.25) is 0 Å². The number of anilines is 1. The molecule has 0 spiro atoms. The molecule has 0 amide bonds. The summed E-state index contributed by atoms with van der Waals surface area (Å²) in [5.74, 6) is -0.719. The SMILES string of the molecule is CCOC(=O)CN(c1ccc(C)cc1)S(=O)(=O)c1ccc(C)c([N+](=O)[O-])c1. The van der Waals surface area contributed by atoms with E-state index in [0.29, 0.717) is 5.56 Å². The van der Waals surface area contributed by atoms with E-state index in [-0.39, 0.29) is 22.9 Å². The van der Waals surface area contributed by atoms with Crippen molar-refractivity contribution < 1.29 is 22.9 Å². The van der Waals surface area contributed by atoms with Crippen molar-refractivity contribution in [2.45, 2.75) is 25.7 Å². The van der Waals surface area contributed by atoms with Crippen molar-refractivity contribution in [2.24, 2.45) is 0 Å². The van der Waals surface area contributed by atoms with Crippen LogP contribution in [-0.4, -0.2) is 32.5 Å². The first-order chi connectivity index (χ1) is 12.7. The summed E-state index contributed by atoms with van der Waals surface area (Å²) in [6.07, 6.45) is 0. The average Bonchev–Trinajstić information content (AvgIpc) is 2.60. The molecule has 0 aliphatic carbocycles. The number of sulfonamides is 1. The second kappa shape index (κ2) is 8.17.